The van der Waals surface area contributed by atoms with Gasteiger partial charge in [0, 0.05) is 30.2 Å². The van der Waals surface area contributed by atoms with Gasteiger partial charge in [-0.1, -0.05) is 20.8 Å². The number of hydrogen-bond donors (Lipinski definition) is 3. The lowest BCUT2D eigenvalue weighted by atomic mass is 9.96. The van der Waals surface area contributed by atoms with Crippen LogP contribution in [0.1, 0.15) is 44.0 Å². The van der Waals surface area contributed by atoms with E-state index in [1.54, 1.807) is 22.9 Å². The van der Waals surface area contributed by atoms with Gasteiger partial charge in [0.2, 0.25) is 5.88 Å². The number of hydrogen-bond acceptors (Lipinski definition) is 6. The number of aromatic nitrogens is 6. The van der Waals surface area contributed by atoms with Crippen LogP contribution >= 0.6 is 0 Å². The molecule has 0 bridgehead atoms. The summed E-state index contributed by atoms with van der Waals surface area (Å²) in [6, 6.07) is 5.41. The molecule has 160 valence electrons. The van der Waals surface area contributed by atoms with Gasteiger partial charge in [0.1, 0.15) is 11.3 Å². The Morgan fingerprint density at radius 1 is 1.35 bits per heavy atom. The van der Waals surface area contributed by atoms with E-state index >= 15 is 0 Å². The van der Waals surface area contributed by atoms with Gasteiger partial charge in [-0.15, -0.1) is 0 Å². The van der Waals surface area contributed by atoms with Crippen molar-refractivity contribution in [3.05, 3.63) is 40.3 Å². The maximum Gasteiger partial charge on any atom is 0.291 e. The van der Waals surface area contributed by atoms with Crippen LogP contribution in [0.5, 0.6) is 5.88 Å². The van der Waals surface area contributed by atoms with Crippen molar-refractivity contribution in [3.63, 3.8) is 0 Å². The number of aromatic amines is 1. The third kappa shape index (κ3) is 3.33. The minimum Gasteiger partial charge on any atom is -0.494 e. The van der Waals surface area contributed by atoms with Crippen molar-refractivity contribution in [1.82, 2.24) is 34.7 Å². The van der Waals surface area contributed by atoms with E-state index in [9.17, 15) is 14.7 Å². The summed E-state index contributed by atoms with van der Waals surface area (Å²) in [5, 5.41) is 26.1. The summed E-state index contributed by atoms with van der Waals surface area (Å²) in [4.78, 5) is 30.2. The molecule has 4 aromatic heterocycles. The topological polar surface area (TPSA) is 130 Å². The van der Waals surface area contributed by atoms with Crippen molar-refractivity contribution in [2.45, 2.75) is 46.2 Å². The van der Waals surface area contributed by atoms with Crippen LogP contribution in [0.3, 0.4) is 0 Å². The lowest BCUT2D eigenvalue weighted by molar-refractivity contribution is 0.0944. The summed E-state index contributed by atoms with van der Waals surface area (Å²) < 4.78 is 2.74. The molecule has 10 nitrogen and oxygen atoms in total. The molecular weight excluding hydrogens is 398 g/mol. The van der Waals surface area contributed by atoms with Gasteiger partial charge < -0.3 is 10.4 Å². The minimum atomic E-state index is -0.663. The molecule has 0 unspecified atom stereocenters. The molecule has 3 N–H and O–H groups in total. The first kappa shape index (κ1) is 19.3. The average Bonchev–Trinajstić information content (AvgIpc) is 3.24. The Hall–Kier alpha value is -3.69. The lowest BCUT2D eigenvalue weighted by Gasteiger charge is -2.23. The molecule has 4 aromatic rings. The summed E-state index contributed by atoms with van der Waals surface area (Å²) in [7, 11) is 0. The van der Waals surface area contributed by atoms with E-state index in [2.05, 4.69) is 25.6 Å². The monoisotopic (exact) mass is 421 g/mol. The Labute approximate surface area is 176 Å². The second-order valence-corrected chi connectivity index (χ2v) is 9.17. The highest BCUT2D eigenvalue weighted by atomic mass is 16.3. The van der Waals surface area contributed by atoms with E-state index < -0.39 is 11.5 Å². The summed E-state index contributed by atoms with van der Waals surface area (Å²) in [5.41, 5.74) is 0.811. The van der Waals surface area contributed by atoms with Crippen molar-refractivity contribution in [3.8, 4) is 17.3 Å². The van der Waals surface area contributed by atoms with Crippen LogP contribution in [0.2, 0.25) is 0 Å². The first-order valence-electron chi connectivity index (χ1n) is 10.2. The highest BCUT2D eigenvalue weighted by molar-refractivity contribution is 5.97. The number of fused-ring (bicyclic) bond motifs is 2. The van der Waals surface area contributed by atoms with Crippen LogP contribution in [0, 0.1) is 5.41 Å². The van der Waals surface area contributed by atoms with Crippen LogP contribution in [-0.4, -0.2) is 46.4 Å². The maximum atomic E-state index is 13.2. The van der Waals surface area contributed by atoms with Crippen LogP contribution in [0.15, 0.2) is 29.2 Å². The van der Waals surface area contributed by atoms with E-state index in [1.165, 1.54) is 4.52 Å². The van der Waals surface area contributed by atoms with Gasteiger partial charge in [0.05, 0.1) is 5.69 Å². The van der Waals surface area contributed by atoms with Gasteiger partial charge in [-0.3, -0.25) is 19.3 Å². The van der Waals surface area contributed by atoms with Gasteiger partial charge >= 0.3 is 0 Å². The number of carbonyl (C=O) groups is 1. The zero-order chi connectivity index (χ0) is 21.9. The Morgan fingerprint density at radius 2 is 2.13 bits per heavy atom. The molecule has 0 radical (unpaired) electrons. The smallest absolute Gasteiger partial charge is 0.291 e. The van der Waals surface area contributed by atoms with Gasteiger partial charge in [0.15, 0.2) is 11.2 Å². The zero-order valence-corrected chi connectivity index (χ0v) is 17.5. The number of nitrogens with one attached hydrogen (secondary N) is 2. The summed E-state index contributed by atoms with van der Waals surface area (Å²) in [6.07, 6.45) is 3.39. The second-order valence-electron chi connectivity index (χ2n) is 9.17. The third-order valence-corrected chi connectivity index (χ3v) is 5.21. The number of H-pyrrole nitrogens is 1. The fourth-order valence-corrected chi connectivity index (χ4v) is 3.64. The Balaban J connectivity index is 1.75. The zero-order valence-electron chi connectivity index (χ0n) is 17.5. The van der Waals surface area contributed by atoms with Crippen molar-refractivity contribution >= 4 is 22.6 Å². The molecule has 1 amide bonds. The van der Waals surface area contributed by atoms with Crippen molar-refractivity contribution in [2.75, 3.05) is 0 Å². The number of aromatic hydroxyl groups is 1. The highest BCUT2D eigenvalue weighted by Crippen LogP contribution is 2.29. The molecule has 10 heteroatoms. The van der Waals surface area contributed by atoms with Crippen LogP contribution in [-0.2, 0) is 6.54 Å². The summed E-state index contributed by atoms with van der Waals surface area (Å²) >= 11 is 0. The molecule has 0 aromatic carbocycles. The molecule has 0 spiro atoms. The molecule has 0 aliphatic heterocycles. The molecule has 1 fully saturated rings. The van der Waals surface area contributed by atoms with E-state index in [1.807, 2.05) is 26.8 Å². The number of amides is 1. The normalized spacial score (nSPS) is 14.4. The molecule has 1 aliphatic rings. The lowest BCUT2D eigenvalue weighted by Crippen LogP contribution is -2.35. The largest absolute Gasteiger partial charge is 0.494 e. The Kier molecular flexibility index (Phi) is 4.14. The van der Waals surface area contributed by atoms with Gasteiger partial charge in [-0.05, 0) is 30.4 Å². The molecular formula is C21H23N7O3. The van der Waals surface area contributed by atoms with Crippen LogP contribution < -0.4 is 10.9 Å². The van der Waals surface area contributed by atoms with E-state index in [0.29, 0.717) is 29.2 Å². The van der Waals surface area contributed by atoms with Gasteiger partial charge in [0.25, 0.3) is 11.5 Å². The van der Waals surface area contributed by atoms with E-state index in [4.69, 9.17) is 0 Å². The number of pyridine rings is 1. The minimum absolute atomic E-state index is 0.0510. The first-order chi connectivity index (χ1) is 14.7. The molecule has 4 heterocycles. The SMILES string of the molecule is CC(C)(C)Cn1c(O)c(C(=O)NC2CC2)c(=O)n2nc(-c3[nH]nc4ncccc34)cc12. The summed E-state index contributed by atoms with van der Waals surface area (Å²) in [6.45, 7) is 6.41. The Bertz CT molecular complexity index is 1390. The predicted octanol–water partition coefficient (Wildman–Crippen LogP) is 2.08. The molecule has 1 aliphatic carbocycles. The van der Waals surface area contributed by atoms with Crippen molar-refractivity contribution < 1.29 is 9.90 Å². The van der Waals surface area contributed by atoms with Crippen LogP contribution in [0.4, 0.5) is 0 Å². The standard InChI is InChI=1S/C21H23N7O3/c1-21(2,3)10-27-14-9-13(16-12-5-4-8-22-17(12)25-24-16)26-28(14)20(31)15(19(27)30)18(29)23-11-6-7-11/h4-5,8-9,11,30H,6-7,10H2,1-3H3,(H,23,29)(H,22,24,25). The van der Waals surface area contributed by atoms with Crippen molar-refractivity contribution in [1.29, 1.82) is 0 Å². The molecule has 5 rings (SSSR count). The van der Waals surface area contributed by atoms with E-state index in [-0.39, 0.29) is 22.9 Å². The quantitative estimate of drug-likeness (QED) is 0.462. The molecule has 0 atom stereocenters. The molecule has 0 saturated heterocycles. The first-order valence-corrected chi connectivity index (χ1v) is 10.2. The number of rotatable bonds is 4. The van der Waals surface area contributed by atoms with Crippen molar-refractivity contribution in [2.24, 2.45) is 5.41 Å². The molecule has 1 saturated carbocycles. The summed E-state index contributed by atoms with van der Waals surface area (Å²) in [5.74, 6) is -0.934. The van der Waals surface area contributed by atoms with Gasteiger partial charge in [-0.25, -0.2) is 4.98 Å². The third-order valence-electron chi connectivity index (χ3n) is 5.21. The number of carbonyl (C=O) groups excluding carboxylic acids is 1. The highest BCUT2D eigenvalue weighted by Gasteiger charge is 2.30. The predicted molar refractivity (Wildman–Crippen MR) is 114 cm³/mol. The number of nitrogens with zero attached hydrogens (tertiary/aromatic N) is 5. The fourth-order valence-electron chi connectivity index (χ4n) is 3.64. The Morgan fingerprint density at radius 3 is 2.84 bits per heavy atom. The maximum absolute atomic E-state index is 13.2. The van der Waals surface area contributed by atoms with E-state index in [0.717, 1.165) is 18.2 Å². The van der Waals surface area contributed by atoms with Crippen LogP contribution in [0.25, 0.3) is 28.1 Å². The van der Waals surface area contributed by atoms with Gasteiger partial charge in [-0.2, -0.15) is 14.7 Å². The fraction of sp³-hybridized carbons (Fsp3) is 0.381. The average molecular weight is 421 g/mol. The molecule has 31 heavy (non-hydrogen) atoms. The second kappa shape index (κ2) is 6.66.